The van der Waals surface area contributed by atoms with Gasteiger partial charge in [-0.05, 0) is 41.1 Å². The van der Waals surface area contributed by atoms with Crippen LogP contribution in [-0.2, 0) is 25.6 Å². The molecule has 0 spiro atoms. The average molecular weight is 522 g/mol. The number of nitrogens with zero attached hydrogens (tertiary/aromatic N) is 2. The molecule has 0 bridgehead atoms. The van der Waals surface area contributed by atoms with Gasteiger partial charge in [0, 0.05) is 19.0 Å². The molecule has 1 aliphatic carbocycles. The van der Waals surface area contributed by atoms with E-state index >= 15 is 0 Å². The van der Waals surface area contributed by atoms with E-state index in [2.05, 4.69) is 35.9 Å². The van der Waals surface area contributed by atoms with Crippen LogP contribution in [0.3, 0.4) is 0 Å². The molecule has 3 N–H and O–H groups in total. The van der Waals surface area contributed by atoms with Crippen LogP contribution in [0.1, 0.15) is 53.0 Å². The van der Waals surface area contributed by atoms with Crippen LogP contribution in [0.2, 0.25) is 0 Å². The number of fused-ring (bicyclic) bond motifs is 1. The number of likely N-dealkylation sites (tertiary alicyclic amines) is 1. The van der Waals surface area contributed by atoms with E-state index in [9.17, 15) is 24.4 Å². The number of hydrogen-bond donors (Lipinski definition) is 3. The predicted molar refractivity (Wildman–Crippen MR) is 141 cm³/mol. The van der Waals surface area contributed by atoms with Gasteiger partial charge in [-0.15, -0.1) is 0 Å². The summed E-state index contributed by atoms with van der Waals surface area (Å²) in [7, 11) is 0. The topological polar surface area (TPSA) is 131 Å². The summed E-state index contributed by atoms with van der Waals surface area (Å²) in [4.78, 5) is 54.1. The molecule has 1 saturated carbocycles. The summed E-state index contributed by atoms with van der Waals surface area (Å²) in [5.74, 6) is -1.17. The minimum Gasteiger partial charge on any atom is -0.356 e. The Hall–Kier alpha value is -3.41. The first-order chi connectivity index (χ1) is 17.8. The summed E-state index contributed by atoms with van der Waals surface area (Å²) in [5, 5.41) is 18.2. The largest absolute Gasteiger partial charge is 0.356 e. The predicted octanol–water partition coefficient (Wildman–Crippen LogP) is 1.78. The second kappa shape index (κ2) is 10.4. The zero-order valence-corrected chi connectivity index (χ0v) is 22.9. The van der Waals surface area contributed by atoms with Crippen LogP contribution in [0, 0.1) is 39.9 Å². The number of amides is 4. The quantitative estimate of drug-likeness (QED) is 0.480. The standard InChI is InChI=1S/C29H39N5O4/c1-28(2,3)24(33-21(35)13-17-9-7-6-8-10-17)27(38)34-16-20-22(29(20,4)5)23(34)26(37)32-19(15-30)14-18-11-12-31-25(18)36/h6-10,18-20,22-24H,11-14,16H2,1-5H3,(H,31,36)(H,32,37)(H,33,35)/t18-,19-,20-,22-,23-,24?/m0/s1. The Kier molecular flexibility index (Phi) is 7.55. The van der Waals surface area contributed by atoms with Gasteiger partial charge < -0.3 is 20.9 Å². The molecule has 4 rings (SSSR count). The van der Waals surface area contributed by atoms with E-state index in [1.807, 2.05) is 51.1 Å². The van der Waals surface area contributed by atoms with Crippen LogP contribution >= 0.6 is 0 Å². The van der Waals surface area contributed by atoms with Crippen molar-refractivity contribution in [3.05, 3.63) is 35.9 Å². The Morgan fingerprint density at radius 3 is 2.45 bits per heavy atom. The molecule has 4 amide bonds. The lowest BCUT2D eigenvalue weighted by atomic mass is 9.85. The Bertz CT molecular complexity index is 1140. The second-order valence-electron chi connectivity index (χ2n) is 12.6. The molecule has 2 saturated heterocycles. The van der Waals surface area contributed by atoms with Crippen molar-refractivity contribution in [3.63, 3.8) is 0 Å². The van der Waals surface area contributed by atoms with Gasteiger partial charge in [-0.2, -0.15) is 5.26 Å². The van der Waals surface area contributed by atoms with Crippen molar-refractivity contribution in [1.82, 2.24) is 20.9 Å². The first kappa shape index (κ1) is 27.6. The van der Waals surface area contributed by atoms with E-state index in [1.54, 1.807) is 4.90 Å². The van der Waals surface area contributed by atoms with E-state index in [0.29, 0.717) is 19.5 Å². The zero-order chi connectivity index (χ0) is 27.8. The van der Waals surface area contributed by atoms with Crippen molar-refractivity contribution in [2.45, 2.75) is 72.0 Å². The molecular formula is C29H39N5O4. The number of hydrogen-bond acceptors (Lipinski definition) is 5. The van der Waals surface area contributed by atoms with Crippen LogP contribution < -0.4 is 16.0 Å². The first-order valence-electron chi connectivity index (χ1n) is 13.5. The molecule has 1 aromatic rings. The van der Waals surface area contributed by atoms with Crippen LogP contribution in [0.4, 0.5) is 0 Å². The molecule has 3 aliphatic rings. The van der Waals surface area contributed by atoms with Crippen molar-refractivity contribution >= 4 is 23.6 Å². The van der Waals surface area contributed by atoms with Gasteiger partial charge in [-0.1, -0.05) is 65.0 Å². The molecule has 204 valence electrons. The van der Waals surface area contributed by atoms with E-state index in [-0.39, 0.29) is 59.6 Å². The molecule has 3 fully saturated rings. The Balaban J connectivity index is 1.50. The van der Waals surface area contributed by atoms with Gasteiger partial charge in [0.2, 0.25) is 23.6 Å². The number of nitriles is 1. The van der Waals surface area contributed by atoms with E-state index in [1.165, 1.54) is 0 Å². The molecule has 9 heteroatoms. The monoisotopic (exact) mass is 521 g/mol. The van der Waals surface area contributed by atoms with E-state index < -0.39 is 23.5 Å². The lowest BCUT2D eigenvalue weighted by molar-refractivity contribution is -0.145. The molecule has 2 heterocycles. The molecule has 9 nitrogen and oxygen atoms in total. The summed E-state index contributed by atoms with van der Waals surface area (Å²) in [5.41, 5.74) is 0.169. The maximum absolute atomic E-state index is 14.0. The van der Waals surface area contributed by atoms with Gasteiger partial charge in [0.1, 0.15) is 18.1 Å². The fourth-order valence-electron chi connectivity index (χ4n) is 6.18. The van der Waals surface area contributed by atoms with Gasteiger partial charge in [-0.3, -0.25) is 19.2 Å². The van der Waals surface area contributed by atoms with Gasteiger partial charge in [0.15, 0.2) is 0 Å². The zero-order valence-electron chi connectivity index (χ0n) is 22.9. The Labute approximate surface area is 224 Å². The molecule has 2 aliphatic heterocycles. The third kappa shape index (κ3) is 5.54. The Morgan fingerprint density at radius 1 is 1.18 bits per heavy atom. The number of carbonyl (C=O) groups excluding carboxylic acids is 4. The lowest BCUT2D eigenvalue weighted by Gasteiger charge is -2.37. The highest BCUT2D eigenvalue weighted by Gasteiger charge is 2.69. The summed E-state index contributed by atoms with van der Waals surface area (Å²) >= 11 is 0. The molecule has 38 heavy (non-hydrogen) atoms. The number of piperidine rings is 1. The SMILES string of the molecule is CC(C)(C)C(NC(=O)Cc1ccccc1)C(=O)N1C[C@H]2[C@@H]([C@H]1C(=O)N[C@H](C#N)C[C@@H]1CCNC1=O)C2(C)C. The normalized spacial score (nSPS) is 26.9. The third-order valence-electron chi connectivity index (χ3n) is 8.54. The van der Waals surface area contributed by atoms with Crippen molar-refractivity contribution in [2.24, 2.45) is 28.6 Å². The number of nitrogens with one attached hydrogen (secondary N) is 3. The minimum absolute atomic E-state index is 0.0267. The highest BCUT2D eigenvalue weighted by Crippen LogP contribution is 2.65. The van der Waals surface area contributed by atoms with E-state index in [0.717, 1.165) is 5.56 Å². The van der Waals surface area contributed by atoms with Crippen molar-refractivity contribution in [2.75, 3.05) is 13.1 Å². The van der Waals surface area contributed by atoms with Crippen LogP contribution in [0.5, 0.6) is 0 Å². The second-order valence-corrected chi connectivity index (χ2v) is 12.6. The number of rotatable bonds is 8. The summed E-state index contributed by atoms with van der Waals surface area (Å²) in [6.07, 6.45) is 1.03. The Morgan fingerprint density at radius 2 is 1.87 bits per heavy atom. The number of benzene rings is 1. The molecule has 1 aromatic carbocycles. The minimum atomic E-state index is -0.821. The molecule has 0 radical (unpaired) electrons. The summed E-state index contributed by atoms with van der Waals surface area (Å²) < 4.78 is 0. The maximum Gasteiger partial charge on any atom is 0.246 e. The van der Waals surface area contributed by atoms with Gasteiger partial charge in [0.25, 0.3) is 0 Å². The van der Waals surface area contributed by atoms with Crippen molar-refractivity contribution < 1.29 is 19.2 Å². The van der Waals surface area contributed by atoms with Crippen LogP contribution in [0.25, 0.3) is 0 Å². The van der Waals surface area contributed by atoms with Gasteiger partial charge >= 0.3 is 0 Å². The first-order valence-corrected chi connectivity index (χ1v) is 13.5. The maximum atomic E-state index is 14.0. The van der Waals surface area contributed by atoms with E-state index in [4.69, 9.17) is 0 Å². The molecular weight excluding hydrogens is 482 g/mol. The van der Waals surface area contributed by atoms with Crippen LogP contribution in [-0.4, -0.2) is 59.7 Å². The summed E-state index contributed by atoms with van der Waals surface area (Å²) in [6, 6.07) is 9.10. The van der Waals surface area contributed by atoms with Crippen LogP contribution in [0.15, 0.2) is 30.3 Å². The highest BCUT2D eigenvalue weighted by atomic mass is 16.2. The fraction of sp³-hybridized carbons (Fsp3) is 0.621. The summed E-state index contributed by atoms with van der Waals surface area (Å²) in [6.45, 7) is 10.9. The van der Waals surface area contributed by atoms with Crippen molar-refractivity contribution in [3.8, 4) is 6.07 Å². The average Bonchev–Trinajstić information content (AvgIpc) is 3.20. The fourth-order valence-corrected chi connectivity index (χ4v) is 6.18. The molecule has 1 unspecified atom stereocenters. The molecule has 0 aromatic heterocycles. The smallest absolute Gasteiger partial charge is 0.246 e. The lowest BCUT2D eigenvalue weighted by Crippen LogP contribution is -2.60. The molecule has 6 atom stereocenters. The highest BCUT2D eigenvalue weighted by molar-refractivity contribution is 5.94. The van der Waals surface area contributed by atoms with Crippen molar-refractivity contribution in [1.29, 1.82) is 5.26 Å². The van der Waals surface area contributed by atoms with Gasteiger partial charge in [-0.25, -0.2) is 0 Å². The number of carbonyl (C=O) groups is 4. The third-order valence-corrected chi connectivity index (χ3v) is 8.54. The van der Waals surface area contributed by atoms with Gasteiger partial charge in [0.05, 0.1) is 12.5 Å².